The fraction of sp³-hybridized carbons (Fsp3) is 0.286. The summed E-state index contributed by atoms with van der Waals surface area (Å²) in [6.07, 6.45) is 2.84. The van der Waals surface area contributed by atoms with Crippen LogP contribution in [0.3, 0.4) is 0 Å². The van der Waals surface area contributed by atoms with Crippen molar-refractivity contribution in [2.24, 2.45) is 0 Å². The first-order chi connectivity index (χ1) is 9.93. The molecule has 2 heterocycles. The lowest BCUT2D eigenvalue weighted by Crippen LogP contribution is -2.37. The minimum absolute atomic E-state index is 0.0663. The largest absolute Gasteiger partial charge is 0.264 e. The van der Waals surface area contributed by atoms with E-state index in [-0.39, 0.29) is 12.6 Å². The van der Waals surface area contributed by atoms with Gasteiger partial charge in [-0.1, -0.05) is 6.07 Å². The van der Waals surface area contributed by atoms with Crippen LogP contribution in [0.4, 0.5) is 4.39 Å². The minimum Gasteiger partial charge on any atom is -0.260 e. The van der Waals surface area contributed by atoms with Crippen LogP contribution in [0, 0.1) is 5.82 Å². The van der Waals surface area contributed by atoms with Gasteiger partial charge in [-0.15, -0.1) is 0 Å². The first-order valence-corrected chi connectivity index (χ1v) is 7.89. The maximum Gasteiger partial charge on any atom is 0.264 e. The second-order valence-electron chi connectivity index (χ2n) is 4.76. The zero-order valence-electron chi connectivity index (χ0n) is 11.8. The zero-order valence-corrected chi connectivity index (χ0v) is 12.6. The van der Waals surface area contributed by atoms with Crippen molar-refractivity contribution < 1.29 is 12.8 Å². The van der Waals surface area contributed by atoms with E-state index < -0.39 is 20.9 Å². The van der Waals surface area contributed by atoms with Crippen LogP contribution in [-0.2, 0) is 16.6 Å². The molecular formula is C14H16FN3O2S. The molecule has 0 unspecified atom stereocenters. The summed E-state index contributed by atoms with van der Waals surface area (Å²) >= 11 is 0. The molecule has 0 N–H and O–H groups in total. The molecule has 2 rings (SSSR count). The third-order valence-electron chi connectivity index (χ3n) is 2.90. The van der Waals surface area contributed by atoms with Gasteiger partial charge in [0.15, 0.2) is 5.82 Å². The molecule has 7 heteroatoms. The maximum atomic E-state index is 13.8. The Balaban J connectivity index is 2.40. The Hall–Kier alpha value is -1.86. The number of hydrogen-bond donors (Lipinski definition) is 0. The first kappa shape index (κ1) is 15.5. The van der Waals surface area contributed by atoms with Crippen LogP contribution in [-0.4, -0.2) is 28.7 Å². The van der Waals surface area contributed by atoms with Crippen molar-refractivity contribution in [3.05, 3.63) is 54.2 Å². The average Bonchev–Trinajstić information content (AvgIpc) is 2.45. The van der Waals surface area contributed by atoms with Gasteiger partial charge in [-0.25, -0.2) is 17.8 Å². The van der Waals surface area contributed by atoms with Gasteiger partial charge >= 0.3 is 0 Å². The summed E-state index contributed by atoms with van der Waals surface area (Å²) in [4.78, 5) is 7.78. The highest BCUT2D eigenvalue weighted by atomic mass is 32.2. The molecule has 0 bridgehead atoms. The van der Waals surface area contributed by atoms with Gasteiger partial charge < -0.3 is 0 Å². The molecule has 0 spiro atoms. The van der Waals surface area contributed by atoms with E-state index >= 15 is 0 Å². The van der Waals surface area contributed by atoms with Gasteiger partial charge in [0.2, 0.25) is 5.03 Å². The summed E-state index contributed by atoms with van der Waals surface area (Å²) < 4.78 is 40.1. The van der Waals surface area contributed by atoms with Gasteiger partial charge in [0.1, 0.15) is 0 Å². The summed E-state index contributed by atoms with van der Waals surface area (Å²) in [6, 6.07) is 7.33. The minimum atomic E-state index is -4.02. The molecule has 0 amide bonds. The van der Waals surface area contributed by atoms with Gasteiger partial charge in [0.25, 0.3) is 10.0 Å². The highest BCUT2D eigenvalue weighted by Crippen LogP contribution is 2.20. The Bertz CT molecular complexity index is 705. The van der Waals surface area contributed by atoms with E-state index in [2.05, 4.69) is 9.97 Å². The molecule has 5 nitrogen and oxygen atoms in total. The zero-order chi connectivity index (χ0) is 15.5. The van der Waals surface area contributed by atoms with Crippen molar-refractivity contribution in [2.45, 2.75) is 31.5 Å². The lowest BCUT2D eigenvalue weighted by atomic mass is 10.3. The molecule has 112 valence electrons. The van der Waals surface area contributed by atoms with E-state index in [0.29, 0.717) is 5.69 Å². The highest BCUT2D eigenvalue weighted by molar-refractivity contribution is 7.89. The van der Waals surface area contributed by atoms with E-state index in [4.69, 9.17) is 0 Å². The van der Waals surface area contributed by atoms with Crippen molar-refractivity contribution in [3.63, 3.8) is 0 Å². The number of nitrogens with zero attached hydrogens (tertiary/aromatic N) is 3. The average molecular weight is 309 g/mol. The molecule has 0 saturated carbocycles. The molecule has 2 aromatic rings. The Kier molecular flexibility index (Phi) is 4.64. The highest BCUT2D eigenvalue weighted by Gasteiger charge is 2.31. The third kappa shape index (κ3) is 3.43. The molecule has 0 aromatic carbocycles. The van der Waals surface area contributed by atoms with Crippen molar-refractivity contribution >= 4 is 10.0 Å². The summed E-state index contributed by atoms with van der Waals surface area (Å²) in [5.41, 5.74) is 0.589. The monoisotopic (exact) mass is 309 g/mol. The molecule has 21 heavy (non-hydrogen) atoms. The molecule has 2 aromatic heterocycles. The molecule has 0 aliphatic heterocycles. The summed E-state index contributed by atoms with van der Waals surface area (Å²) in [7, 11) is -4.02. The van der Waals surface area contributed by atoms with Gasteiger partial charge in [0, 0.05) is 18.4 Å². The van der Waals surface area contributed by atoms with Gasteiger partial charge in [0.05, 0.1) is 12.2 Å². The van der Waals surface area contributed by atoms with E-state index in [9.17, 15) is 12.8 Å². The Labute approximate surface area is 123 Å². The first-order valence-electron chi connectivity index (χ1n) is 6.45. The molecule has 0 fully saturated rings. The maximum absolute atomic E-state index is 13.8. The number of rotatable bonds is 5. The van der Waals surface area contributed by atoms with Crippen LogP contribution in [0.5, 0.6) is 0 Å². The predicted molar refractivity (Wildman–Crippen MR) is 76.3 cm³/mol. The molecule has 0 saturated heterocycles. The van der Waals surface area contributed by atoms with Gasteiger partial charge in [-0.3, -0.25) is 4.98 Å². The normalized spacial score (nSPS) is 12.0. The number of aromatic nitrogens is 2. The van der Waals surface area contributed by atoms with Crippen LogP contribution >= 0.6 is 0 Å². The van der Waals surface area contributed by atoms with E-state index in [1.807, 2.05) is 0 Å². The van der Waals surface area contributed by atoms with Gasteiger partial charge in [-0.05, 0) is 38.1 Å². The predicted octanol–water partition coefficient (Wildman–Crippen LogP) is 2.21. The molecular weight excluding hydrogens is 293 g/mol. The second-order valence-corrected chi connectivity index (χ2v) is 6.56. The smallest absolute Gasteiger partial charge is 0.260 e. The lowest BCUT2D eigenvalue weighted by Gasteiger charge is -2.25. The summed E-state index contributed by atoms with van der Waals surface area (Å²) in [5.74, 6) is -0.857. The Morgan fingerprint density at radius 3 is 2.43 bits per heavy atom. The Morgan fingerprint density at radius 2 is 1.86 bits per heavy atom. The van der Waals surface area contributed by atoms with Crippen LogP contribution in [0.15, 0.2) is 47.8 Å². The standard InChI is InChI=1S/C14H16FN3O2S/c1-11(2)18(10-12-6-3-4-8-16-12)21(19,20)14-13(15)7-5-9-17-14/h3-9,11H,10H2,1-2H3. The topological polar surface area (TPSA) is 63.2 Å². The fourth-order valence-corrected chi connectivity index (χ4v) is 3.46. The molecule has 0 radical (unpaired) electrons. The van der Waals surface area contributed by atoms with Crippen LogP contribution in [0.2, 0.25) is 0 Å². The van der Waals surface area contributed by atoms with Crippen LogP contribution in [0.25, 0.3) is 0 Å². The summed E-state index contributed by atoms with van der Waals surface area (Å²) in [5, 5.41) is -0.561. The molecule has 0 atom stereocenters. The number of halogens is 1. The quantitative estimate of drug-likeness (QED) is 0.849. The van der Waals surface area contributed by atoms with Crippen LogP contribution in [0.1, 0.15) is 19.5 Å². The number of hydrogen-bond acceptors (Lipinski definition) is 4. The number of pyridine rings is 2. The second kappa shape index (κ2) is 6.28. The van der Waals surface area contributed by atoms with E-state index in [1.54, 1.807) is 38.2 Å². The fourth-order valence-electron chi connectivity index (χ4n) is 1.87. The summed E-state index contributed by atoms with van der Waals surface area (Å²) in [6.45, 7) is 3.51. The SMILES string of the molecule is CC(C)N(Cc1ccccn1)S(=O)(=O)c1ncccc1F. The van der Waals surface area contributed by atoms with Crippen LogP contribution < -0.4 is 0 Å². The molecule has 0 aliphatic carbocycles. The Morgan fingerprint density at radius 1 is 1.14 bits per heavy atom. The van der Waals surface area contributed by atoms with E-state index in [1.165, 1.54) is 16.6 Å². The van der Waals surface area contributed by atoms with Crippen molar-refractivity contribution in [1.29, 1.82) is 0 Å². The van der Waals surface area contributed by atoms with Crippen molar-refractivity contribution in [2.75, 3.05) is 0 Å². The number of sulfonamides is 1. The third-order valence-corrected chi connectivity index (χ3v) is 4.86. The van der Waals surface area contributed by atoms with Gasteiger partial charge in [-0.2, -0.15) is 4.31 Å². The lowest BCUT2D eigenvalue weighted by molar-refractivity contribution is 0.341. The van der Waals surface area contributed by atoms with Crippen molar-refractivity contribution in [1.82, 2.24) is 14.3 Å². The van der Waals surface area contributed by atoms with Crippen molar-refractivity contribution in [3.8, 4) is 0 Å². The molecule has 0 aliphatic rings. The van der Waals surface area contributed by atoms with E-state index in [0.717, 1.165) is 6.07 Å².